The molecule has 4 nitrogen and oxygen atoms in total. The van der Waals surface area contributed by atoms with E-state index in [2.05, 4.69) is 27.1 Å². The first-order valence-electron chi connectivity index (χ1n) is 6.25. The molecule has 1 aromatic heterocycles. The summed E-state index contributed by atoms with van der Waals surface area (Å²) in [6.07, 6.45) is 2.58. The van der Waals surface area contributed by atoms with E-state index in [0.29, 0.717) is 6.42 Å². The van der Waals surface area contributed by atoms with Crippen LogP contribution in [0.15, 0.2) is 28.9 Å². The van der Waals surface area contributed by atoms with E-state index < -0.39 is 6.10 Å². The van der Waals surface area contributed by atoms with Gasteiger partial charge in [-0.2, -0.15) is 5.10 Å². The number of aliphatic hydroxyl groups excluding tert-OH is 1. The van der Waals surface area contributed by atoms with Crippen molar-refractivity contribution >= 4 is 15.9 Å². The quantitative estimate of drug-likeness (QED) is 0.943. The van der Waals surface area contributed by atoms with Gasteiger partial charge in [-0.3, -0.25) is 4.68 Å². The number of ether oxygens (including phenoxy) is 1. The molecule has 0 aliphatic carbocycles. The zero-order valence-corrected chi connectivity index (χ0v) is 12.2. The zero-order valence-electron chi connectivity index (χ0n) is 10.6. The topological polar surface area (TPSA) is 47.3 Å². The van der Waals surface area contributed by atoms with Crippen LogP contribution in [0, 0.1) is 0 Å². The lowest BCUT2D eigenvalue weighted by Crippen LogP contribution is -2.08. The van der Waals surface area contributed by atoms with E-state index in [4.69, 9.17) is 4.74 Å². The van der Waals surface area contributed by atoms with E-state index in [1.165, 1.54) is 5.56 Å². The number of hydrogen-bond acceptors (Lipinski definition) is 3. The van der Waals surface area contributed by atoms with Gasteiger partial charge in [0.25, 0.3) is 0 Å². The molecule has 1 aliphatic rings. The van der Waals surface area contributed by atoms with Crippen LogP contribution in [0.25, 0.3) is 0 Å². The molecule has 2 heterocycles. The molecule has 100 valence electrons. The standard InChI is InChI=1S/C14H15BrN2O2/c1-17-12(2-4-16-17)13(18)8-10-7-11(15)6-9-3-5-19-14(9)10/h2,4,6-7,13,18H,3,5,8H2,1H3. The molecule has 1 unspecified atom stereocenters. The van der Waals surface area contributed by atoms with Crippen LogP contribution in [-0.4, -0.2) is 21.5 Å². The van der Waals surface area contributed by atoms with E-state index in [1.54, 1.807) is 10.9 Å². The van der Waals surface area contributed by atoms with Crippen molar-refractivity contribution in [1.29, 1.82) is 0 Å². The van der Waals surface area contributed by atoms with Crippen molar-refractivity contribution in [2.45, 2.75) is 18.9 Å². The van der Waals surface area contributed by atoms with Crippen molar-refractivity contribution in [3.63, 3.8) is 0 Å². The second-order valence-corrected chi connectivity index (χ2v) is 5.67. The molecule has 0 spiro atoms. The van der Waals surface area contributed by atoms with E-state index in [0.717, 1.165) is 34.5 Å². The summed E-state index contributed by atoms with van der Waals surface area (Å²) < 4.78 is 8.41. The Balaban J connectivity index is 1.90. The van der Waals surface area contributed by atoms with Crippen molar-refractivity contribution < 1.29 is 9.84 Å². The number of rotatable bonds is 3. The molecule has 2 aromatic rings. The number of halogens is 1. The van der Waals surface area contributed by atoms with Gasteiger partial charge >= 0.3 is 0 Å². The van der Waals surface area contributed by atoms with Crippen LogP contribution < -0.4 is 4.74 Å². The molecule has 19 heavy (non-hydrogen) atoms. The Morgan fingerprint density at radius 2 is 2.37 bits per heavy atom. The molecule has 1 N–H and O–H groups in total. The molecule has 0 radical (unpaired) electrons. The molecule has 0 amide bonds. The number of aliphatic hydroxyl groups is 1. The maximum atomic E-state index is 10.3. The number of fused-ring (bicyclic) bond motifs is 1. The van der Waals surface area contributed by atoms with E-state index in [9.17, 15) is 5.11 Å². The predicted molar refractivity (Wildman–Crippen MR) is 75.2 cm³/mol. The van der Waals surface area contributed by atoms with Gasteiger partial charge in [0, 0.05) is 30.6 Å². The first-order valence-corrected chi connectivity index (χ1v) is 7.04. The zero-order chi connectivity index (χ0) is 13.4. The first kappa shape index (κ1) is 12.7. The third kappa shape index (κ3) is 2.40. The summed E-state index contributed by atoms with van der Waals surface area (Å²) in [5.41, 5.74) is 3.06. The highest BCUT2D eigenvalue weighted by molar-refractivity contribution is 9.10. The van der Waals surface area contributed by atoms with Crippen molar-refractivity contribution in [2.24, 2.45) is 7.05 Å². The molecule has 1 aliphatic heterocycles. The molecule has 0 fully saturated rings. The summed E-state index contributed by atoms with van der Waals surface area (Å²) in [6.45, 7) is 0.723. The fourth-order valence-electron chi connectivity index (χ4n) is 2.52. The van der Waals surface area contributed by atoms with Crippen LogP contribution in [-0.2, 0) is 19.9 Å². The normalized spacial score (nSPS) is 15.1. The number of hydrogen-bond donors (Lipinski definition) is 1. The lowest BCUT2D eigenvalue weighted by atomic mass is 10.0. The number of aryl methyl sites for hydroxylation is 1. The largest absolute Gasteiger partial charge is 0.493 e. The highest BCUT2D eigenvalue weighted by atomic mass is 79.9. The van der Waals surface area contributed by atoms with Gasteiger partial charge in [0.2, 0.25) is 0 Å². The molecular weight excluding hydrogens is 308 g/mol. The van der Waals surface area contributed by atoms with E-state index >= 15 is 0 Å². The first-order chi connectivity index (χ1) is 9.15. The summed E-state index contributed by atoms with van der Waals surface area (Å²) in [7, 11) is 1.83. The second-order valence-electron chi connectivity index (χ2n) is 4.75. The summed E-state index contributed by atoms with van der Waals surface area (Å²) >= 11 is 3.51. The molecule has 0 bridgehead atoms. The van der Waals surface area contributed by atoms with Gasteiger partial charge in [-0.1, -0.05) is 15.9 Å². The molecule has 1 atom stereocenters. The van der Waals surface area contributed by atoms with Crippen molar-refractivity contribution in [2.75, 3.05) is 6.61 Å². The smallest absolute Gasteiger partial charge is 0.125 e. The molecule has 0 saturated carbocycles. The second kappa shape index (κ2) is 4.98. The average Bonchev–Trinajstić information content (AvgIpc) is 2.97. The summed E-state index contributed by atoms with van der Waals surface area (Å²) in [6, 6.07) is 5.94. The Morgan fingerprint density at radius 3 is 3.11 bits per heavy atom. The van der Waals surface area contributed by atoms with Crippen LogP contribution in [0.3, 0.4) is 0 Å². The average molecular weight is 323 g/mol. The van der Waals surface area contributed by atoms with Crippen LogP contribution in [0.1, 0.15) is 22.9 Å². The highest BCUT2D eigenvalue weighted by Crippen LogP contribution is 2.35. The Hall–Kier alpha value is -1.33. The van der Waals surface area contributed by atoms with Gasteiger partial charge < -0.3 is 9.84 Å². The third-order valence-electron chi connectivity index (χ3n) is 3.44. The number of nitrogens with zero attached hydrogens (tertiary/aromatic N) is 2. The third-order valence-corrected chi connectivity index (χ3v) is 3.90. The highest BCUT2D eigenvalue weighted by Gasteiger charge is 2.21. The fraction of sp³-hybridized carbons (Fsp3) is 0.357. The number of benzene rings is 1. The van der Waals surface area contributed by atoms with Gasteiger partial charge in [0.1, 0.15) is 5.75 Å². The minimum Gasteiger partial charge on any atom is -0.493 e. The summed E-state index contributed by atoms with van der Waals surface area (Å²) in [5.74, 6) is 0.935. The minimum absolute atomic E-state index is 0.529. The monoisotopic (exact) mass is 322 g/mol. The van der Waals surface area contributed by atoms with Gasteiger partial charge in [-0.25, -0.2) is 0 Å². The van der Waals surface area contributed by atoms with E-state index in [1.807, 2.05) is 19.2 Å². The molecular formula is C14H15BrN2O2. The van der Waals surface area contributed by atoms with Crippen LogP contribution in [0.2, 0.25) is 0 Å². The van der Waals surface area contributed by atoms with Gasteiger partial charge in [-0.05, 0) is 29.3 Å². The molecule has 5 heteroatoms. The van der Waals surface area contributed by atoms with Gasteiger partial charge in [-0.15, -0.1) is 0 Å². The Kier molecular flexibility index (Phi) is 3.33. The van der Waals surface area contributed by atoms with Crippen LogP contribution in [0.5, 0.6) is 5.75 Å². The fourth-order valence-corrected chi connectivity index (χ4v) is 3.07. The van der Waals surface area contributed by atoms with Gasteiger partial charge in [0.15, 0.2) is 0 Å². The summed E-state index contributed by atoms with van der Waals surface area (Å²) in [5, 5.41) is 14.4. The predicted octanol–water partition coefficient (Wildman–Crippen LogP) is 2.39. The number of aromatic nitrogens is 2. The maximum absolute atomic E-state index is 10.3. The van der Waals surface area contributed by atoms with E-state index in [-0.39, 0.29) is 0 Å². The Labute approximate surface area is 120 Å². The lowest BCUT2D eigenvalue weighted by molar-refractivity contribution is 0.167. The summed E-state index contributed by atoms with van der Waals surface area (Å²) in [4.78, 5) is 0. The van der Waals surface area contributed by atoms with Crippen LogP contribution in [0.4, 0.5) is 0 Å². The SMILES string of the molecule is Cn1nccc1C(O)Cc1cc(Br)cc2c1OCC2. The molecule has 1 aromatic carbocycles. The van der Waals surface area contributed by atoms with Crippen molar-refractivity contribution in [3.05, 3.63) is 45.7 Å². The Morgan fingerprint density at radius 1 is 1.53 bits per heavy atom. The molecule has 0 saturated heterocycles. The van der Waals surface area contributed by atoms with Crippen molar-refractivity contribution in [1.82, 2.24) is 9.78 Å². The minimum atomic E-state index is -0.574. The lowest BCUT2D eigenvalue weighted by Gasteiger charge is -2.14. The molecule has 3 rings (SSSR count). The van der Waals surface area contributed by atoms with Crippen molar-refractivity contribution in [3.8, 4) is 5.75 Å². The van der Waals surface area contributed by atoms with Crippen LogP contribution >= 0.6 is 15.9 Å². The van der Waals surface area contributed by atoms with Gasteiger partial charge in [0.05, 0.1) is 18.4 Å². The maximum Gasteiger partial charge on any atom is 0.125 e. The Bertz CT molecular complexity index is 609.